The van der Waals surface area contributed by atoms with Crippen LogP contribution in [0.15, 0.2) is 35.3 Å². The van der Waals surface area contributed by atoms with Crippen molar-refractivity contribution in [1.82, 2.24) is 0 Å². The molecule has 3 nitrogen and oxygen atoms in total. The normalized spacial score (nSPS) is 10.7. The Morgan fingerprint density at radius 1 is 1.33 bits per heavy atom. The van der Waals surface area contributed by atoms with E-state index in [1.54, 1.807) is 13.8 Å². The number of hydrogen-bond donors (Lipinski definition) is 2. The standard InChI is InChI=1S/C9H12O3/c1-6(2)8(5-10)9(12)4-7(3)11/h4-5,11-12H,3H2,1-2H3/b9-4+. The van der Waals surface area contributed by atoms with Gasteiger partial charge in [0, 0.05) is 6.08 Å². The first-order valence-corrected chi connectivity index (χ1v) is 3.40. The van der Waals surface area contributed by atoms with Crippen molar-refractivity contribution in [2.75, 3.05) is 0 Å². The maximum absolute atomic E-state index is 10.4. The van der Waals surface area contributed by atoms with Crippen molar-refractivity contribution in [1.29, 1.82) is 0 Å². The molecule has 0 atom stereocenters. The summed E-state index contributed by atoms with van der Waals surface area (Å²) in [6.07, 6.45) is 1.56. The van der Waals surface area contributed by atoms with E-state index in [4.69, 9.17) is 5.11 Å². The van der Waals surface area contributed by atoms with Gasteiger partial charge in [0.15, 0.2) is 6.29 Å². The number of aldehydes is 1. The highest BCUT2D eigenvalue weighted by atomic mass is 16.3. The summed E-state index contributed by atoms with van der Waals surface area (Å²) in [5.41, 5.74) is 0.852. The molecule has 0 aromatic carbocycles. The second kappa shape index (κ2) is 4.38. The van der Waals surface area contributed by atoms with Crippen molar-refractivity contribution in [3.05, 3.63) is 35.3 Å². The molecule has 12 heavy (non-hydrogen) atoms. The van der Waals surface area contributed by atoms with E-state index in [1.807, 2.05) is 0 Å². The predicted octanol–water partition coefficient (Wildman–Crippen LogP) is 2.04. The van der Waals surface area contributed by atoms with Crippen molar-refractivity contribution in [3.63, 3.8) is 0 Å². The molecule has 0 heterocycles. The van der Waals surface area contributed by atoms with E-state index in [1.165, 1.54) is 0 Å². The highest BCUT2D eigenvalue weighted by molar-refractivity contribution is 5.80. The smallest absolute Gasteiger partial charge is 0.153 e. The average Bonchev–Trinajstić information content (AvgIpc) is 1.85. The highest BCUT2D eigenvalue weighted by Gasteiger charge is 2.03. The Balaban J connectivity index is 4.90. The minimum absolute atomic E-state index is 0.171. The van der Waals surface area contributed by atoms with Gasteiger partial charge in [0.05, 0.1) is 5.57 Å². The Bertz CT molecular complexity index is 255. The average molecular weight is 168 g/mol. The van der Waals surface area contributed by atoms with E-state index in [0.29, 0.717) is 11.9 Å². The van der Waals surface area contributed by atoms with Crippen LogP contribution in [-0.2, 0) is 4.79 Å². The Kier molecular flexibility index (Phi) is 3.83. The minimum atomic E-state index is -0.284. The van der Waals surface area contributed by atoms with Crippen LogP contribution in [0.3, 0.4) is 0 Å². The van der Waals surface area contributed by atoms with Crippen LogP contribution >= 0.6 is 0 Å². The van der Waals surface area contributed by atoms with Crippen LogP contribution in [0, 0.1) is 0 Å². The lowest BCUT2D eigenvalue weighted by Gasteiger charge is -2.00. The molecule has 0 rings (SSSR count). The summed E-state index contributed by atoms with van der Waals surface area (Å²) < 4.78 is 0. The zero-order valence-electron chi connectivity index (χ0n) is 7.16. The van der Waals surface area contributed by atoms with Crippen LogP contribution in [0.2, 0.25) is 0 Å². The van der Waals surface area contributed by atoms with Gasteiger partial charge >= 0.3 is 0 Å². The molecule has 2 N–H and O–H groups in total. The second-order valence-electron chi connectivity index (χ2n) is 2.55. The van der Waals surface area contributed by atoms with E-state index < -0.39 is 0 Å². The third kappa shape index (κ3) is 3.05. The van der Waals surface area contributed by atoms with Crippen molar-refractivity contribution in [2.24, 2.45) is 0 Å². The molecule has 0 spiro atoms. The molecule has 0 aromatic rings. The molecule has 0 aliphatic carbocycles. The molecule has 0 aliphatic rings. The van der Waals surface area contributed by atoms with Crippen LogP contribution in [0.25, 0.3) is 0 Å². The molecule has 0 aliphatic heterocycles. The van der Waals surface area contributed by atoms with Gasteiger partial charge in [0.1, 0.15) is 11.5 Å². The number of allylic oxidation sites excluding steroid dienone is 3. The summed E-state index contributed by atoms with van der Waals surface area (Å²) in [6, 6.07) is 0. The first-order valence-electron chi connectivity index (χ1n) is 3.40. The molecule has 3 heteroatoms. The van der Waals surface area contributed by atoms with E-state index in [0.717, 1.165) is 6.08 Å². The molecule has 0 unspecified atom stereocenters. The molecular formula is C9H12O3. The largest absolute Gasteiger partial charge is 0.508 e. The monoisotopic (exact) mass is 168 g/mol. The molecular weight excluding hydrogens is 156 g/mol. The number of aliphatic hydroxyl groups is 2. The number of rotatable bonds is 3. The second-order valence-corrected chi connectivity index (χ2v) is 2.55. The fourth-order valence-electron chi connectivity index (χ4n) is 0.670. The molecule has 0 saturated heterocycles. The van der Waals surface area contributed by atoms with Crippen molar-refractivity contribution < 1.29 is 15.0 Å². The summed E-state index contributed by atoms with van der Waals surface area (Å²) in [4.78, 5) is 10.4. The zero-order valence-corrected chi connectivity index (χ0v) is 7.16. The fraction of sp³-hybridized carbons (Fsp3) is 0.222. The first-order chi connectivity index (χ1) is 5.49. The third-order valence-corrected chi connectivity index (χ3v) is 1.24. The summed E-state index contributed by atoms with van der Waals surface area (Å²) in [7, 11) is 0. The Morgan fingerprint density at radius 3 is 2.08 bits per heavy atom. The summed E-state index contributed by atoms with van der Waals surface area (Å²) in [5, 5.41) is 17.9. The van der Waals surface area contributed by atoms with E-state index >= 15 is 0 Å². The summed E-state index contributed by atoms with van der Waals surface area (Å²) in [5.74, 6) is -0.550. The molecule has 0 amide bonds. The zero-order chi connectivity index (χ0) is 9.72. The van der Waals surface area contributed by atoms with E-state index in [2.05, 4.69) is 6.58 Å². The van der Waals surface area contributed by atoms with Crippen LogP contribution in [-0.4, -0.2) is 16.5 Å². The van der Waals surface area contributed by atoms with E-state index in [-0.39, 0.29) is 17.1 Å². The maximum Gasteiger partial charge on any atom is 0.153 e. The van der Waals surface area contributed by atoms with Gasteiger partial charge in [0.25, 0.3) is 0 Å². The fourth-order valence-corrected chi connectivity index (χ4v) is 0.670. The van der Waals surface area contributed by atoms with Crippen LogP contribution in [0.5, 0.6) is 0 Å². The Hall–Kier alpha value is -1.51. The minimum Gasteiger partial charge on any atom is -0.508 e. The summed E-state index contributed by atoms with van der Waals surface area (Å²) in [6.45, 7) is 6.53. The number of hydrogen-bond acceptors (Lipinski definition) is 3. The van der Waals surface area contributed by atoms with Crippen LogP contribution < -0.4 is 0 Å². The lowest BCUT2D eigenvalue weighted by molar-refractivity contribution is -0.104. The Morgan fingerprint density at radius 2 is 1.83 bits per heavy atom. The topological polar surface area (TPSA) is 57.5 Å². The predicted molar refractivity (Wildman–Crippen MR) is 46.9 cm³/mol. The first kappa shape index (κ1) is 10.5. The molecule has 0 aromatic heterocycles. The lowest BCUT2D eigenvalue weighted by atomic mass is 10.1. The van der Waals surface area contributed by atoms with Gasteiger partial charge in [-0.2, -0.15) is 0 Å². The lowest BCUT2D eigenvalue weighted by Crippen LogP contribution is -1.93. The van der Waals surface area contributed by atoms with Gasteiger partial charge < -0.3 is 10.2 Å². The van der Waals surface area contributed by atoms with Crippen molar-refractivity contribution in [2.45, 2.75) is 13.8 Å². The highest BCUT2D eigenvalue weighted by Crippen LogP contribution is 2.10. The molecule has 0 radical (unpaired) electrons. The van der Waals surface area contributed by atoms with Gasteiger partial charge in [-0.3, -0.25) is 4.79 Å². The third-order valence-electron chi connectivity index (χ3n) is 1.24. The van der Waals surface area contributed by atoms with Crippen molar-refractivity contribution in [3.8, 4) is 0 Å². The molecule has 66 valence electrons. The summed E-state index contributed by atoms with van der Waals surface area (Å²) >= 11 is 0. The quantitative estimate of drug-likeness (QED) is 0.293. The SMILES string of the molecule is C=C(O)/C=C(/O)C(C=O)=C(C)C. The maximum atomic E-state index is 10.4. The van der Waals surface area contributed by atoms with Gasteiger partial charge in [0.2, 0.25) is 0 Å². The number of carbonyl (C=O) groups is 1. The van der Waals surface area contributed by atoms with E-state index in [9.17, 15) is 9.90 Å². The van der Waals surface area contributed by atoms with Gasteiger partial charge in [-0.15, -0.1) is 0 Å². The molecule has 0 saturated carbocycles. The van der Waals surface area contributed by atoms with Gasteiger partial charge in [-0.25, -0.2) is 0 Å². The van der Waals surface area contributed by atoms with Crippen LogP contribution in [0.1, 0.15) is 13.8 Å². The van der Waals surface area contributed by atoms with Crippen molar-refractivity contribution >= 4 is 6.29 Å². The van der Waals surface area contributed by atoms with Crippen LogP contribution in [0.4, 0.5) is 0 Å². The van der Waals surface area contributed by atoms with Gasteiger partial charge in [-0.05, 0) is 13.8 Å². The molecule has 0 fully saturated rings. The number of aliphatic hydroxyl groups excluding tert-OH is 2. The Labute approximate surface area is 71.3 Å². The van der Waals surface area contributed by atoms with Gasteiger partial charge in [-0.1, -0.05) is 12.2 Å². The number of carbonyl (C=O) groups excluding carboxylic acids is 1. The molecule has 0 bridgehead atoms.